The number of benzene rings is 1. The maximum absolute atomic E-state index is 12.9. The Balaban J connectivity index is 1.97. The Kier molecular flexibility index (Phi) is 3.64. The lowest BCUT2D eigenvalue weighted by molar-refractivity contribution is -0.122. The van der Waals surface area contributed by atoms with Crippen LogP contribution in [-0.2, 0) is 11.3 Å². The second kappa shape index (κ2) is 5.38. The van der Waals surface area contributed by atoms with E-state index in [2.05, 4.69) is 10.4 Å². The van der Waals surface area contributed by atoms with Crippen molar-refractivity contribution < 1.29 is 9.59 Å². The molecule has 23 heavy (non-hydrogen) atoms. The third-order valence-corrected chi connectivity index (χ3v) is 4.65. The topological polar surface area (TPSA) is 67.2 Å². The Labute approximate surface area is 139 Å². The van der Waals surface area contributed by atoms with Crippen molar-refractivity contribution >= 4 is 29.2 Å². The number of aromatic nitrogens is 2. The zero-order valence-corrected chi connectivity index (χ0v) is 13.9. The maximum Gasteiger partial charge on any atom is 0.329 e. The minimum Gasteiger partial charge on any atom is -0.321 e. The largest absolute Gasteiger partial charge is 0.329 e. The van der Waals surface area contributed by atoms with Gasteiger partial charge in [-0.15, -0.1) is 0 Å². The number of imide groups is 1. The van der Waals surface area contributed by atoms with Crippen LogP contribution in [0.15, 0.2) is 30.6 Å². The third-order valence-electron chi connectivity index (χ3n) is 4.18. The maximum atomic E-state index is 12.9. The molecule has 0 radical (unpaired) electrons. The monoisotopic (exact) mass is 332 g/mol. The summed E-state index contributed by atoms with van der Waals surface area (Å²) in [5.74, 6) is -0.344. The van der Waals surface area contributed by atoms with E-state index in [-0.39, 0.29) is 12.5 Å². The van der Waals surface area contributed by atoms with Crippen molar-refractivity contribution in [2.24, 2.45) is 0 Å². The summed E-state index contributed by atoms with van der Waals surface area (Å²) >= 11 is 6.35. The van der Waals surface area contributed by atoms with E-state index in [0.717, 1.165) is 16.0 Å². The van der Waals surface area contributed by atoms with Gasteiger partial charge in [0, 0.05) is 12.4 Å². The molecule has 2 heterocycles. The molecule has 1 aliphatic rings. The summed E-state index contributed by atoms with van der Waals surface area (Å²) < 4.78 is 1.61. The fourth-order valence-electron chi connectivity index (χ4n) is 2.67. The van der Waals surface area contributed by atoms with Gasteiger partial charge >= 0.3 is 6.03 Å². The fourth-order valence-corrected chi connectivity index (χ4v) is 2.96. The number of carbonyl (C=O) groups is 2. The molecule has 1 aromatic heterocycles. The van der Waals surface area contributed by atoms with Crippen LogP contribution in [0.5, 0.6) is 0 Å². The predicted molar refractivity (Wildman–Crippen MR) is 87.6 cm³/mol. The highest BCUT2D eigenvalue weighted by Crippen LogP contribution is 2.34. The van der Waals surface area contributed by atoms with Crippen LogP contribution in [0.25, 0.3) is 0 Å². The molecule has 1 unspecified atom stereocenters. The minimum absolute atomic E-state index is 0.254. The molecule has 0 bridgehead atoms. The lowest BCUT2D eigenvalue weighted by atomic mass is 10.0. The van der Waals surface area contributed by atoms with E-state index in [1.165, 1.54) is 0 Å². The second-order valence-electron chi connectivity index (χ2n) is 5.95. The Morgan fingerprint density at radius 1 is 1.30 bits per heavy atom. The van der Waals surface area contributed by atoms with E-state index in [1.54, 1.807) is 36.1 Å². The van der Waals surface area contributed by atoms with Gasteiger partial charge in [-0.2, -0.15) is 5.10 Å². The number of nitrogens with one attached hydrogen (secondary N) is 1. The minimum atomic E-state index is -1.06. The lowest BCUT2D eigenvalue weighted by Crippen LogP contribution is -2.47. The van der Waals surface area contributed by atoms with Gasteiger partial charge in [0.2, 0.25) is 0 Å². The van der Waals surface area contributed by atoms with Gasteiger partial charge in [0.1, 0.15) is 5.54 Å². The zero-order valence-electron chi connectivity index (χ0n) is 13.1. The van der Waals surface area contributed by atoms with Gasteiger partial charge in [0.25, 0.3) is 5.91 Å². The number of carbonyl (C=O) groups excluding carboxylic acids is 2. The molecule has 0 spiro atoms. The average molecular weight is 333 g/mol. The molecule has 1 atom stereocenters. The second-order valence-corrected chi connectivity index (χ2v) is 6.32. The number of hydrogen-bond acceptors (Lipinski definition) is 3. The van der Waals surface area contributed by atoms with Crippen LogP contribution in [0.4, 0.5) is 10.5 Å². The summed E-state index contributed by atoms with van der Waals surface area (Å²) in [4.78, 5) is 26.3. The molecule has 1 aliphatic heterocycles. The summed E-state index contributed by atoms with van der Waals surface area (Å²) in [5, 5.41) is 7.25. The van der Waals surface area contributed by atoms with Crippen LogP contribution in [0, 0.1) is 13.8 Å². The highest BCUT2D eigenvalue weighted by molar-refractivity contribution is 6.37. The van der Waals surface area contributed by atoms with E-state index in [4.69, 9.17) is 11.6 Å². The van der Waals surface area contributed by atoms with E-state index in [9.17, 15) is 9.59 Å². The van der Waals surface area contributed by atoms with Crippen molar-refractivity contribution in [3.63, 3.8) is 0 Å². The number of amides is 3. The molecule has 3 amide bonds. The van der Waals surface area contributed by atoms with Crippen LogP contribution < -0.4 is 10.2 Å². The molecule has 1 fully saturated rings. The number of urea groups is 1. The molecule has 2 aromatic rings. The quantitative estimate of drug-likeness (QED) is 0.879. The number of rotatable bonds is 3. The summed E-state index contributed by atoms with van der Waals surface area (Å²) in [6, 6.07) is 4.83. The van der Waals surface area contributed by atoms with Crippen molar-refractivity contribution in [1.29, 1.82) is 0 Å². The molecule has 6 nitrogen and oxygen atoms in total. The molecule has 120 valence electrons. The van der Waals surface area contributed by atoms with Crippen LogP contribution in [-0.4, -0.2) is 27.3 Å². The van der Waals surface area contributed by atoms with Crippen LogP contribution in [0.1, 0.15) is 18.1 Å². The molecule has 7 heteroatoms. The van der Waals surface area contributed by atoms with Gasteiger partial charge in [-0.25, -0.2) is 9.69 Å². The van der Waals surface area contributed by atoms with Gasteiger partial charge in [0.15, 0.2) is 0 Å². The highest BCUT2D eigenvalue weighted by atomic mass is 35.5. The first kappa shape index (κ1) is 15.6. The smallest absolute Gasteiger partial charge is 0.321 e. The number of nitrogens with zero attached hydrogens (tertiary/aromatic N) is 3. The Hall–Kier alpha value is -2.34. The van der Waals surface area contributed by atoms with Crippen LogP contribution >= 0.6 is 11.6 Å². The fraction of sp³-hybridized carbons (Fsp3) is 0.312. The van der Waals surface area contributed by atoms with Crippen molar-refractivity contribution in [2.45, 2.75) is 32.9 Å². The van der Waals surface area contributed by atoms with E-state index in [1.807, 2.05) is 19.9 Å². The molecule has 1 N–H and O–H groups in total. The SMILES string of the molecule is Cc1ccc(N2C(=O)NC(C)(Cn3cccn3)C2=O)c(Cl)c1C. The number of aryl methyl sites for hydroxylation is 1. The first-order valence-electron chi connectivity index (χ1n) is 7.23. The van der Waals surface area contributed by atoms with E-state index < -0.39 is 11.6 Å². The first-order valence-corrected chi connectivity index (χ1v) is 7.61. The average Bonchev–Trinajstić information content (AvgIpc) is 3.06. The Bertz CT molecular complexity index is 788. The van der Waals surface area contributed by atoms with Gasteiger partial charge in [-0.1, -0.05) is 17.7 Å². The van der Waals surface area contributed by atoms with Gasteiger partial charge in [-0.05, 0) is 44.0 Å². The van der Waals surface area contributed by atoms with Gasteiger partial charge in [0.05, 0.1) is 17.3 Å². The first-order chi connectivity index (χ1) is 10.8. The van der Waals surface area contributed by atoms with Crippen molar-refractivity contribution in [3.8, 4) is 0 Å². The van der Waals surface area contributed by atoms with Crippen molar-refractivity contribution in [1.82, 2.24) is 15.1 Å². The van der Waals surface area contributed by atoms with Crippen molar-refractivity contribution in [3.05, 3.63) is 46.7 Å². The summed E-state index contributed by atoms with van der Waals surface area (Å²) in [6.07, 6.45) is 3.37. The summed E-state index contributed by atoms with van der Waals surface area (Å²) in [7, 11) is 0. The Morgan fingerprint density at radius 3 is 2.70 bits per heavy atom. The van der Waals surface area contributed by atoms with Gasteiger partial charge in [-0.3, -0.25) is 9.48 Å². The molecular formula is C16H17ClN4O2. The number of halogens is 1. The van der Waals surface area contributed by atoms with Crippen LogP contribution in [0.3, 0.4) is 0 Å². The zero-order chi connectivity index (χ0) is 16.8. The van der Waals surface area contributed by atoms with Crippen LogP contribution in [0.2, 0.25) is 5.02 Å². The molecule has 1 saturated heterocycles. The number of hydrogen-bond donors (Lipinski definition) is 1. The molecule has 0 aliphatic carbocycles. The lowest BCUT2D eigenvalue weighted by Gasteiger charge is -2.22. The summed E-state index contributed by atoms with van der Waals surface area (Å²) in [5.41, 5.74) is 1.20. The highest BCUT2D eigenvalue weighted by Gasteiger charge is 2.49. The standard InChI is InChI=1S/C16H17ClN4O2/c1-10-5-6-12(13(17)11(10)2)21-14(22)16(3,19-15(21)23)9-20-8-4-7-18-20/h4-8H,9H2,1-3H3,(H,19,23). The molecular weight excluding hydrogens is 316 g/mol. The Morgan fingerprint density at radius 2 is 2.04 bits per heavy atom. The van der Waals surface area contributed by atoms with E-state index in [0.29, 0.717) is 10.7 Å². The summed E-state index contributed by atoms with van der Waals surface area (Å²) in [6.45, 7) is 5.73. The molecule has 0 saturated carbocycles. The molecule has 1 aromatic carbocycles. The van der Waals surface area contributed by atoms with E-state index >= 15 is 0 Å². The van der Waals surface area contributed by atoms with Gasteiger partial charge < -0.3 is 5.32 Å². The number of anilines is 1. The normalized spacial score (nSPS) is 21.0. The third kappa shape index (κ3) is 2.49. The van der Waals surface area contributed by atoms with Crippen molar-refractivity contribution in [2.75, 3.05) is 4.90 Å². The molecule has 3 rings (SSSR count). The predicted octanol–water partition coefficient (Wildman–Crippen LogP) is 2.67.